The van der Waals surface area contributed by atoms with Crippen molar-refractivity contribution < 1.29 is 9.78 Å². The third-order valence-electron chi connectivity index (χ3n) is 1.50. The summed E-state index contributed by atoms with van der Waals surface area (Å²) < 4.78 is 0.522. The maximum atomic E-state index is 8.51. The molecule has 0 fully saturated rings. The maximum Gasteiger partial charge on any atom is 0.258 e. The first-order chi connectivity index (χ1) is 5.16. The van der Waals surface area contributed by atoms with E-state index in [1.807, 2.05) is 13.0 Å². The molecule has 4 heteroatoms. The highest BCUT2D eigenvalue weighted by atomic mass is 79.9. The van der Waals surface area contributed by atoms with Gasteiger partial charge in [-0.15, -0.1) is 0 Å². The van der Waals surface area contributed by atoms with Crippen LogP contribution in [0.15, 0.2) is 21.6 Å². The fraction of sp³-hybridized carbons (Fsp3) is 0.286. The van der Waals surface area contributed by atoms with Crippen molar-refractivity contribution in [2.24, 2.45) is 0 Å². The van der Waals surface area contributed by atoms with E-state index in [0.717, 1.165) is 11.1 Å². The van der Waals surface area contributed by atoms with E-state index in [4.69, 9.17) is 5.26 Å². The molecule has 0 bridgehead atoms. The van der Waals surface area contributed by atoms with Crippen LogP contribution >= 0.6 is 15.9 Å². The van der Waals surface area contributed by atoms with Gasteiger partial charge < -0.3 is 0 Å². The van der Waals surface area contributed by atoms with Crippen LogP contribution in [0, 0.1) is 11.3 Å². The van der Waals surface area contributed by atoms with Gasteiger partial charge in [-0.05, 0) is 29.8 Å². The normalized spacial score (nSPS) is 17.3. The van der Waals surface area contributed by atoms with E-state index in [1.165, 1.54) is 0 Å². The lowest BCUT2D eigenvalue weighted by Gasteiger charge is -2.14. The molecule has 0 radical (unpaired) electrons. The Kier molecular flexibility index (Phi) is 2.20. The minimum atomic E-state index is 0.214. The molecule has 1 heterocycles. The summed E-state index contributed by atoms with van der Waals surface area (Å²) in [7, 11) is 0. The third-order valence-corrected chi connectivity index (χ3v) is 2.22. The molecule has 0 aromatic carbocycles. The highest BCUT2D eigenvalue weighted by molar-refractivity contribution is 9.11. The van der Waals surface area contributed by atoms with Crippen LogP contribution < -0.4 is 0 Å². The molecule has 11 heavy (non-hydrogen) atoms. The van der Waals surface area contributed by atoms with Crippen molar-refractivity contribution in [1.82, 2.24) is 0 Å². The Bertz CT molecular complexity index is 285. The predicted octanol–water partition coefficient (Wildman–Crippen LogP) is 2.37. The zero-order chi connectivity index (χ0) is 8.43. The first-order valence-corrected chi connectivity index (χ1v) is 3.78. The highest BCUT2D eigenvalue weighted by Crippen LogP contribution is 2.28. The van der Waals surface area contributed by atoms with E-state index >= 15 is 0 Å². The number of halogens is 1. The average molecular weight is 216 g/mol. The summed E-state index contributed by atoms with van der Waals surface area (Å²) in [6, 6.07) is 1.88. The van der Waals surface area contributed by atoms with Gasteiger partial charge in [-0.1, -0.05) is 0 Å². The van der Waals surface area contributed by atoms with Gasteiger partial charge in [0.05, 0.1) is 0 Å². The third kappa shape index (κ3) is 1.38. The topological polar surface area (TPSA) is 42.2 Å². The minimum absolute atomic E-state index is 0.214. The van der Waals surface area contributed by atoms with Gasteiger partial charge in [-0.3, -0.25) is 9.78 Å². The monoisotopic (exact) mass is 215 g/mol. The minimum Gasteiger partial charge on any atom is -0.281 e. The van der Waals surface area contributed by atoms with Crippen LogP contribution in [-0.2, 0) is 9.78 Å². The molecule has 0 aliphatic carbocycles. The average Bonchev–Trinajstić information content (AvgIpc) is 2.01. The molecule has 3 nitrogen and oxygen atoms in total. The number of nitrogens with zero attached hydrogens (tertiary/aromatic N) is 1. The smallest absolute Gasteiger partial charge is 0.258 e. The second-order valence-corrected chi connectivity index (χ2v) is 2.85. The second-order valence-electron chi connectivity index (χ2n) is 2.13. The lowest BCUT2D eigenvalue weighted by molar-refractivity contribution is -0.215. The van der Waals surface area contributed by atoms with Gasteiger partial charge in [-0.25, -0.2) is 0 Å². The van der Waals surface area contributed by atoms with Crippen LogP contribution in [0.3, 0.4) is 0 Å². The molecule has 58 valence electrons. The van der Waals surface area contributed by atoms with E-state index in [0.29, 0.717) is 4.67 Å². The Morgan fingerprint density at radius 1 is 1.27 bits per heavy atom. The van der Waals surface area contributed by atoms with E-state index in [9.17, 15) is 0 Å². The van der Waals surface area contributed by atoms with E-state index in [1.54, 1.807) is 6.92 Å². The zero-order valence-corrected chi connectivity index (χ0v) is 7.73. The first-order valence-electron chi connectivity index (χ1n) is 2.99. The van der Waals surface area contributed by atoms with Crippen molar-refractivity contribution >= 4 is 15.9 Å². The van der Waals surface area contributed by atoms with Gasteiger partial charge in [0, 0.05) is 11.1 Å². The van der Waals surface area contributed by atoms with E-state index < -0.39 is 0 Å². The van der Waals surface area contributed by atoms with Crippen molar-refractivity contribution in [2.75, 3.05) is 0 Å². The predicted molar refractivity (Wildman–Crippen MR) is 42.1 cm³/mol. The molecule has 0 saturated carbocycles. The molecule has 0 unspecified atom stereocenters. The largest absolute Gasteiger partial charge is 0.281 e. The summed E-state index contributed by atoms with van der Waals surface area (Å²) in [6.45, 7) is 3.65. The quantitative estimate of drug-likeness (QED) is 0.583. The first kappa shape index (κ1) is 8.15. The molecule has 0 aromatic rings. The van der Waals surface area contributed by atoms with Crippen molar-refractivity contribution in [2.45, 2.75) is 13.8 Å². The number of hydrogen-bond donors (Lipinski definition) is 0. The summed E-state index contributed by atoms with van der Waals surface area (Å²) in [5.41, 5.74) is 1.68. The number of hydrogen-bond acceptors (Lipinski definition) is 3. The van der Waals surface area contributed by atoms with Crippen molar-refractivity contribution in [3.8, 4) is 6.07 Å². The molecular formula is C7H6BrNO2. The Morgan fingerprint density at radius 2 is 1.91 bits per heavy atom. The molecule has 0 amide bonds. The van der Waals surface area contributed by atoms with Crippen molar-refractivity contribution in [3.05, 3.63) is 21.6 Å². The zero-order valence-electron chi connectivity index (χ0n) is 6.14. The summed E-state index contributed by atoms with van der Waals surface area (Å²) in [4.78, 5) is 9.32. The standard InChI is InChI=1S/C7H6BrNO2/c1-4-5(2)7(8)11-10-6(4)3-9/h1-2H3. The maximum absolute atomic E-state index is 8.51. The fourth-order valence-electron chi connectivity index (χ4n) is 0.623. The molecule has 0 atom stereocenters. The van der Waals surface area contributed by atoms with Gasteiger partial charge in [0.15, 0.2) is 0 Å². The van der Waals surface area contributed by atoms with Crippen molar-refractivity contribution in [3.63, 3.8) is 0 Å². The van der Waals surface area contributed by atoms with Crippen LogP contribution in [0.1, 0.15) is 13.8 Å². The lowest BCUT2D eigenvalue weighted by atomic mass is 10.1. The Labute approximate surface area is 73.0 Å². The molecule has 0 N–H and O–H groups in total. The van der Waals surface area contributed by atoms with E-state index in [2.05, 4.69) is 25.7 Å². The molecular weight excluding hydrogens is 210 g/mol. The fourth-order valence-corrected chi connectivity index (χ4v) is 0.987. The summed E-state index contributed by atoms with van der Waals surface area (Å²) in [5, 5.41) is 8.51. The number of nitriles is 1. The van der Waals surface area contributed by atoms with Gasteiger partial charge in [0.1, 0.15) is 6.07 Å². The SMILES string of the molecule is CC1=C(Br)OOC(C#N)=C1C. The molecule has 1 aliphatic rings. The van der Waals surface area contributed by atoms with Gasteiger partial charge in [-0.2, -0.15) is 5.26 Å². The van der Waals surface area contributed by atoms with Gasteiger partial charge in [0.25, 0.3) is 5.76 Å². The Morgan fingerprint density at radius 3 is 2.45 bits per heavy atom. The van der Waals surface area contributed by atoms with E-state index in [-0.39, 0.29) is 5.76 Å². The van der Waals surface area contributed by atoms with Gasteiger partial charge in [0.2, 0.25) is 4.67 Å². The second kappa shape index (κ2) is 2.97. The Hall–Kier alpha value is -0.950. The summed E-state index contributed by atoms with van der Waals surface area (Å²) >= 11 is 3.14. The number of allylic oxidation sites excluding steroid dienone is 3. The van der Waals surface area contributed by atoms with Crippen molar-refractivity contribution in [1.29, 1.82) is 5.26 Å². The van der Waals surface area contributed by atoms with Crippen LogP contribution in [0.4, 0.5) is 0 Å². The number of rotatable bonds is 0. The van der Waals surface area contributed by atoms with Crippen LogP contribution in [-0.4, -0.2) is 0 Å². The molecule has 0 saturated heterocycles. The Balaban J connectivity index is 3.10. The van der Waals surface area contributed by atoms with Crippen LogP contribution in [0.5, 0.6) is 0 Å². The summed E-state index contributed by atoms with van der Waals surface area (Å²) in [6.07, 6.45) is 0. The molecule has 0 spiro atoms. The summed E-state index contributed by atoms with van der Waals surface area (Å²) in [5.74, 6) is 0.214. The lowest BCUT2D eigenvalue weighted by Crippen LogP contribution is -2.03. The van der Waals surface area contributed by atoms with Crippen LogP contribution in [0.2, 0.25) is 0 Å². The molecule has 1 aliphatic heterocycles. The van der Waals surface area contributed by atoms with Gasteiger partial charge >= 0.3 is 0 Å². The van der Waals surface area contributed by atoms with Crippen LogP contribution in [0.25, 0.3) is 0 Å². The highest BCUT2D eigenvalue weighted by Gasteiger charge is 2.17. The molecule has 0 aromatic heterocycles. The molecule has 1 rings (SSSR count).